The minimum Gasteiger partial charge on any atom is -0.462 e. The molecular formula is C64H124O6. The zero-order valence-corrected chi connectivity index (χ0v) is 48.2. The van der Waals surface area contributed by atoms with Gasteiger partial charge in [0.1, 0.15) is 13.2 Å². The first kappa shape index (κ1) is 68.4. The van der Waals surface area contributed by atoms with Crippen LogP contribution < -0.4 is 0 Å². The summed E-state index contributed by atoms with van der Waals surface area (Å²) in [6, 6.07) is 0. The Labute approximate surface area is 438 Å². The molecule has 0 fully saturated rings. The second-order valence-corrected chi connectivity index (χ2v) is 22.8. The van der Waals surface area contributed by atoms with E-state index >= 15 is 0 Å². The quantitative estimate of drug-likeness (QED) is 0.0343. The van der Waals surface area contributed by atoms with Crippen LogP contribution in [0, 0.1) is 11.8 Å². The number of unbranched alkanes of at least 4 members (excludes halogenated alkanes) is 42. The highest BCUT2D eigenvalue weighted by molar-refractivity contribution is 5.71. The molecule has 0 aromatic heterocycles. The molecule has 0 rings (SSSR count). The van der Waals surface area contributed by atoms with Gasteiger partial charge >= 0.3 is 17.9 Å². The first-order chi connectivity index (χ1) is 34.3. The minimum absolute atomic E-state index is 0.0619. The smallest absolute Gasteiger partial charge is 0.306 e. The van der Waals surface area contributed by atoms with Gasteiger partial charge in [0.2, 0.25) is 0 Å². The molecule has 0 aliphatic heterocycles. The summed E-state index contributed by atoms with van der Waals surface area (Å²) >= 11 is 0. The summed E-state index contributed by atoms with van der Waals surface area (Å²) < 4.78 is 16.9. The van der Waals surface area contributed by atoms with Crippen molar-refractivity contribution in [3.63, 3.8) is 0 Å². The van der Waals surface area contributed by atoms with Crippen LogP contribution in [0.4, 0.5) is 0 Å². The summed E-state index contributed by atoms with van der Waals surface area (Å²) in [7, 11) is 0. The van der Waals surface area contributed by atoms with Crippen LogP contribution in [-0.2, 0) is 28.6 Å². The second kappa shape index (κ2) is 56.7. The maximum Gasteiger partial charge on any atom is 0.306 e. The van der Waals surface area contributed by atoms with Crippen molar-refractivity contribution in [3.8, 4) is 0 Å². The maximum atomic E-state index is 12.9. The van der Waals surface area contributed by atoms with Gasteiger partial charge in [-0.1, -0.05) is 324 Å². The standard InChI is InChI=1S/C64H124O6/c1-6-8-9-10-11-12-13-14-19-23-29-34-39-44-49-54-62(65)68-57-61(58-69-63(66)55-50-45-40-35-30-26-25-27-32-37-42-47-52-59(3)4)70-64(67)56-51-46-41-36-31-24-21-18-16-15-17-20-22-28-33-38-43-48-53-60(5)7-2/h59-61H,6-58H2,1-5H3/t60?,61-/m1/s1. The van der Waals surface area contributed by atoms with E-state index in [2.05, 4.69) is 34.6 Å². The van der Waals surface area contributed by atoms with Gasteiger partial charge in [-0.2, -0.15) is 0 Å². The SMILES string of the molecule is CCCCCCCCCCCCCCCCCC(=O)OC[C@H](COC(=O)CCCCCCCCCCCCCCC(C)C)OC(=O)CCCCCCCCCCCCCCCCCCCCC(C)CC. The highest BCUT2D eigenvalue weighted by Crippen LogP contribution is 2.19. The van der Waals surface area contributed by atoms with Gasteiger partial charge in [0.15, 0.2) is 6.10 Å². The van der Waals surface area contributed by atoms with Gasteiger partial charge in [-0.05, 0) is 31.1 Å². The Morgan fingerprint density at radius 2 is 0.543 bits per heavy atom. The van der Waals surface area contributed by atoms with Gasteiger partial charge in [-0.3, -0.25) is 14.4 Å². The van der Waals surface area contributed by atoms with Crippen LogP contribution in [0.15, 0.2) is 0 Å². The monoisotopic (exact) mass is 989 g/mol. The molecule has 0 bridgehead atoms. The van der Waals surface area contributed by atoms with Crippen molar-refractivity contribution in [1.29, 1.82) is 0 Å². The molecule has 0 amide bonds. The summed E-state index contributed by atoms with van der Waals surface area (Å²) in [5.41, 5.74) is 0. The zero-order valence-electron chi connectivity index (χ0n) is 48.2. The molecule has 2 atom stereocenters. The van der Waals surface area contributed by atoms with E-state index in [0.717, 1.165) is 69.6 Å². The third kappa shape index (κ3) is 55.7. The molecule has 0 aromatic rings. The van der Waals surface area contributed by atoms with E-state index in [4.69, 9.17) is 14.2 Å². The van der Waals surface area contributed by atoms with Crippen LogP contribution in [0.2, 0.25) is 0 Å². The van der Waals surface area contributed by atoms with E-state index in [9.17, 15) is 14.4 Å². The lowest BCUT2D eigenvalue weighted by atomic mass is 9.99. The van der Waals surface area contributed by atoms with Crippen molar-refractivity contribution in [1.82, 2.24) is 0 Å². The number of rotatable bonds is 58. The van der Waals surface area contributed by atoms with Crippen molar-refractivity contribution >= 4 is 17.9 Å². The van der Waals surface area contributed by atoms with E-state index in [0.29, 0.717) is 19.3 Å². The van der Waals surface area contributed by atoms with Gasteiger partial charge in [-0.25, -0.2) is 0 Å². The lowest BCUT2D eigenvalue weighted by Gasteiger charge is -2.18. The predicted octanol–water partition coefficient (Wildman–Crippen LogP) is 21.2. The molecule has 0 aliphatic rings. The van der Waals surface area contributed by atoms with E-state index in [-0.39, 0.29) is 31.1 Å². The normalized spacial score (nSPS) is 12.4. The highest BCUT2D eigenvalue weighted by atomic mass is 16.6. The van der Waals surface area contributed by atoms with Crippen molar-refractivity contribution in [2.24, 2.45) is 11.8 Å². The number of esters is 3. The van der Waals surface area contributed by atoms with Crippen LogP contribution in [0.25, 0.3) is 0 Å². The molecule has 0 aromatic carbocycles. The van der Waals surface area contributed by atoms with E-state index in [1.807, 2.05) is 0 Å². The summed E-state index contributed by atoms with van der Waals surface area (Å²) in [4.78, 5) is 38.3. The fourth-order valence-corrected chi connectivity index (χ4v) is 9.90. The Bertz CT molecular complexity index is 1070. The van der Waals surface area contributed by atoms with Crippen molar-refractivity contribution < 1.29 is 28.6 Å². The molecule has 0 saturated carbocycles. The lowest BCUT2D eigenvalue weighted by molar-refractivity contribution is -0.167. The largest absolute Gasteiger partial charge is 0.462 e. The summed E-state index contributed by atoms with van der Waals surface area (Å²) in [6.07, 6.45) is 62.4. The van der Waals surface area contributed by atoms with Crippen LogP contribution in [0.3, 0.4) is 0 Å². The molecule has 416 valence electrons. The average Bonchev–Trinajstić information content (AvgIpc) is 3.35. The van der Waals surface area contributed by atoms with Crippen molar-refractivity contribution in [3.05, 3.63) is 0 Å². The molecule has 0 spiro atoms. The van der Waals surface area contributed by atoms with Crippen LogP contribution in [-0.4, -0.2) is 37.2 Å². The van der Waals surface area contributed by atoms with Gasteiger partial charge in [-0.15, -0.1) is 0 Å². The van der Waals surface area contributed by atoms with Crippen LogP contribution >= 0.6 is 0 Å². The fourth-order valence-electron chi connectivity index (χ4n) is 9.90. The molecule has 0 aliphatic carbocycles. The molecule has 0 saturated heterocycles. The molecule has 0 N–H and O–H groups in total. The van der Waals surface area contributed by atoms with Gasteiger partial charge in [0.25, 0.3) is 0 Å². The Morgan fingerprint density at radius 3 is 0.814 bits per heavy atom. The summed E-state index contributed by atoms with van der Waals surface area (Å²) in [6.45, 7) is 11.5. The zero-order chi connectivity index (χ0) is 51.1. The molecule has 0 heterocycles. The number of hydrogen-bond acceptors (Lipinski definition) is 6. The molecule has 6 nitrogen and oxygen atoms in total. The third-order valence-electron chi connectivity index (χ3n) is 15.1. The predicted molar refractivity (Wildman–Crippen MR) is 303 cm³/mol. The fraction of sp³-hybridized carbons (Fsp3) is 0.953. The Balaban J connectivity index is 4.26. The van der Waals surface area contributed by atoms with Crippen LogP contribution in [0.5, 0.6) is 0 Å². The molecule has 0 radical (unpaired) electrons. The number of carbonyl (C=O) groups excluding carboxylic acids is 3. The second-order valence-electron chi connectivity index (χ2n) is 22.8. The molecule has 6 heteroatoms. The highest BCUT2D eigenvalue weighted by Gasteiger charge is 2.19. The Kier molecular flexibility index (Phi) is 55.4. The van der Waals surface area contributed by atoms with Gasteiger partial charge in [0, 0.05) is 19.3 Å². The van der Waals surface area contributed by atoms with Crippen molar-refractivity contribution in [2.75, 3.05) is 13.2 Å². The number of hydrogen-bond donors (Lipinski definition) is 0. The van der Waals surface area contributed by atoms with E-state index < -0.39 is 6.10 Å². The van der Waals surface area contributed by atoms with Crippen LogP contribution in [0.1, 0.15) is 362 Å². The molecule has 1 unspecified atom stereocenters. The summed E-state index contributed by atoms with van der Waals surface area (Å²) in [5, 5.41) is 0. The molecular weight excluding hydrogens is 865 g/mol. The third-order valence-corrected chi connectivity index (χ3v) is 15.1. The number of carbonyl (C=O) groups is 3. The minimum atomic E-state index is -0.763. The first-order valence-corrected chi connectivity index (χ1v) is 31.8. The summed E-state index contributed by atoms with van der Waals surface area (Å²) in [5.74, 6) is 0.911. The van der Waals surface area contributed by atoms with E-state index in [1.165, 1.54) is 250 Å². The van der Waals surface area contributed by atoms with Gasteiger partial charge < -0.3 is 14.2 Å². The van der Waals surface area contributed by atoms with Gasteiger partial charge in [0.05, 0.1) is 0 Å². The lowest BCUT2D eigenvalue weighted by Crippen LogP contribution is -2.30. The Morgan fingerprint density at radius 1 is 0.300 bits per heavy atom. The topological polar surface area (TPSA) is 78.9 Å². The van der Waals surface area contributed by atoms with E-state index in [1.54, 1.807) is 0 Å². The first-order valence-electron chi connectivity index (χ1n) is 31.8. The Hall–Kier alpha value is -1.59. The molecule has 70 heavy (non-hydrogen) atoms. The van der Waals surface area contributed by atoms with Crippen molar-refractivity contribution in [2.45, 2.75) is 368 Å². The number of ether oxygens (including phenoxy) is 3. The average molecular weight is 990 g/mol. The maximum absolute atomic E-state index is 12.9.